The first kappa shape index (κ1) is 17.0. The van der Waals surface area contributed by atoms with Crippen LogP contribution in [0.2, 0.25) is 0 Å². The second kappa shape index (κ2) is 7.74. The number of ketones is 1. The number of hydrogen-bond donors (Lipinski definition) is 1. The molecule has 1 heterocycles. The highest BCUT2D eigenvalue weighted by atomic mass is 79.9. The Kier molecular flexibility index (Phi) is 5.97. The van der Waals surface area contributed by atoms with Crippen LogP contribution in [-0.4, -0.2) is 49.9 Å². The van der Waals surface area contributed by atoms with Gasteiger partial charge >= 0.3 is 0 Å². The Morgan fingerprint density at radius 3 is 2.82 bits per heavy atom. The van der Waals surface area contributed by atoms with E-state index in [1.54, 1.807) is 17.0 Å². The number of carbonyl (C=O) groups is 2. The molecule has 1 saturated heterocycles. The molecule has 0 saturated carbocycles. The molecule has 120 valence electrons. The fourth-order valence-corrected chi connectivity index (χ4v) is 2.96. The molecular formula is C16H21BrN2O3. The summed E-state index contributed by atoms with van der Waals surface area (Å²) in [6, 6.07) is 5.54. The van der Waals surface area contributed by atoms with Crippen molar-refractivity contribution >= 4 is 27.6 Å². The van der Waals surface area contributed by atoms with Crippen LogP contribution in [0.5, 0.6) is 5.75 Å². The van der Waals surface area contributed by atoms with Crippen molar-refractivity contribution in [3.63, 3.8) is 0 Å². The number of ether oxygens (including phenoxy) is 1. The van der Waals surface area contributed by atoms with Gasteiger partial charge in [-0.1, -0.05) is 15.9 Å². The average molecular weight is 369 g/mol. The van der Waals surface area contributed by atoms with E-state index < -0.39 is 0 Å². The summed E-state index contributed by atoms with van der Waals surface area (Å²) >= 11 is 3.35. The van der Waals surface area contributed by atoms with Crippen LogP contribution in [0.25, 0.3) is 0 Å². The third-order valence-corrected chi connectivity index (χ3v) is 4.50. The summed E-state index contributed by atoms with van der Waals surface area (Å²) < 4.78 is 6.03. The third-order valence-electron chi connectivity index (χ3n) is 4.00. The maximum Gasteiger partial charge on any atom is 0.223 e. The van der Waals surface area contributed by atoms with Crippen LogP contribution in [0.3, 0.4) is 0 Å². The Hall–Kier alpha value is -1.40. The number of likely N-dealkylation sites (N-methyl/N-ethyl adjacent to an activating group) is 1. The van der Waals surface area contributed by atoms with Gasteiger partial charge in [-0.2, -0.15) is 0 Å². The second-order valence-electron chi connectivity index (χ2n) is 5.42. The van der Waals surface area contributed by atoms with Crippen LogP contribution in [0.4, 0.5) is 0 Å². The molecule has 1 aromatic carbocycles. The number of carbonyl (C=O) groups excluding carboxylic acids is 2. The number of rotatable bonds is 6. The van der Waals surface area contributed by atoms with Crippen LogP contribution < -0.4 is 10.1 Å². The van der Waals surface area contributed by atoms with Gasteiger partial charge in [0, 0.05) is 36.9 Å². The monoisotopic (exact) mass is 368 g/mol. The number of benzene rings is 1. The quantitative estimate of drug-likeness (QED) is 0.782. The number of methoxy groups -OCH3 is 1. The number of nitrogens with one attached hydrogen (secondary N) is 1. The first-order valence-electron chi connectivity index (χ1n) is 7.36. The molecule has 1 aliphatic rings. The lowest BCUT2D eigenvalue weighted by atomic mass is 10.0. The zero-order chi connectivity index (χ0) is 16.1. The van der Waals surface area contributed by atoms with Crippen LogP contribution in [0, 0.1) is 0 Å². The van der Waals surface area contributed by atoms with Gasteiger partial charge in [0.25, 0.3) is 0 Å². The molecule has 1 fully saturated rings. The molecule has 1 amide bonds. The van der Waals surface area contributed by atoms with Gasteiger partial charge in [0.05, 0.1) is 12.7 Å². The highest BCUT2D eigenvalue weighted by Crippen LogP contribution is 2.24. The van der Waals surface area contributed by atoms with E-state index in [9.17, 15) is 9.59 Å². The Labute approximate surface area is 139 Å². The second-order valence-corrected chi connectivity index (χ2v) is 6.33. The van der Waals surface area contributed by atoms with E-state index >= 15 is 0 Å². The van der Waals surface area contributed by atoms with E-state index in [1.807, 2.05) is 13.1 Å². The van der Waals surface area contributed by atoms with Crippen LogP contribution in [0.1, 0.15) is 29.6 Å². The van der Waals surface area contributed by atoms with Crippen molar-refractivity contribution in [1.29, 1.82) is 0 Å². The molecule has 1 aromatic rings. The Balaban J connectivity index is 1.94. The van der Waals surface area contributed by atoms with Crippen molar-refractivity contribution in [1.82, 2.24) is 10.2 Å². The van der Waals surface area contributed by atoms with E-state index in [-0.39, 0.29) is 30.6 Å². The van der Waals surface area contributed by atoms with Crippen molar-refractivity contribution in [3.8, 4) is 5.75 Å². The van der Waals surface area contributed by atoms with Gasteiger partial charge in [0.15, 0.2) is 5.78 Å². The lowest BCUT2D eigenvalue weighted by molar-refractivity contribution is -0.131. The highest BCUT2D eigenvalue weighted by molar-refractivity contribution is 9.10. The highest BCUT2D eigenvalue weighted by Gasteiger charge is 2.23. The van der Waals surface area contributed by atoms with Crippen molar-refractivity contribution in [2.24, 2.45) is 0 Å². The molecule has 2 rings (SSSR count). The topological polar surface area (TPSA) is 58.6 Å². The molecule has 1 N–H and O–H groups in total. The maximum atomic E-state index is 12.3. The van der Waals surface area contributed by atoms with Gasteiger partial charge in [-0.25, -0.2) is 0 Å². The number of nitrogens with zero attached hydrogens (tertiary/aromatic N) is 1. The molecule has 6 heteroatoms. The van der Waals surface area contributed by atoms with Crippen molar-refractivity contribution in [2.45, 2.75) is 25.3 Å². The Morgan fingerprint density at radius 2 is 2.18 bits per heavy atom. The predicted molar refractivity (Wildman–Crippen MR) is 88.3 cm³/mol. The molecule has 0 bridgehead atoms. The summed E-state index contributed by atoms with van der Waals surface area (Å²) in [6.07, 6.45) is 1.38. The van der Waals surface area contributed by atoms with E-state index in [2.05, 4.69) is 21.2 Å². The number of amides is 1. The summed E-state index contributed by atoms with van der Waals surface area (Å²) in [5.74, 6) is 0.467. The van der Waals surface area contributed by atoms with E-state index in [4.69, 9.17) is 4.74 Å². The van der Waals surface area contributed by atoms with Gasteiger partial charge in [-0.3, -0.25) is 9.59 Å². The van der Waals surface area contributed by atoms with Gasteiger partial charge < -0.3 is 15.0 Å². The molecule has 1 unspecified atom stereocenters. The minimum atomic E-state index is -0.0792. The Bertz CT molecular complexity index is 556. The smallest absolute Gasteiger partial charge is 0.223 e. The zero-order valence-electron chi connectivity index (χ0n) is 12.9. The number of Topliss-reactive ketones (excluding diaryl/α,β-unsaturated/α-hetero) is 1. The normalized spacial score (nSPS) is 17.3. The molecule has 0 aromatic heterocycles. The SMILES string of the molecule is COc1ccc(Br)cc1C(=O)CCC(=O)N(C)C1CCNC1. The summed E-state index contributed by atoms with van der Waals surface area (Å²) in [4.78, 5) is 26.3. The van der Waals surface area contributed by atoms with Crippen molar-refractivity contribution in [3.05, 3.63) is 28.2 Å². The largest absolute Gasteiger partial charge is 0.496 e. The first-order valence-corrected chi connectivity index (χ1v) is 8.15. The molecule has 5 nitrogen and oxygen atoms in total. The molecule has 1 aliphatic heterocycles. The van der Waals surface area contributed by atoms with E-state index in [0.717, 1.165) is 24.0 Å². The van der Waals surface area contributed by atoms with Crippen LogP contribution >= 0.6 is 15.9 Å². The number of halogens is 1. The lowest BCUT2D eigenvalue weighted by Crippen LogP contribution is -2.38. The van der Waals surface area contributed by atoms with Crippen molar-refractivity contribution < 1.29 is 14.3 Å². The standard InChI is InChI=1S/C16H21BrN2O3/c1-19(12-7-8-18-10-12)16(21)6-4-14(20)13-9-11(17)3-5-15(13)22-2/h3,5,9,12,18H,4,6-8,10H2,1-2H3. The summed E-state index contributed by atoms with van der Waals surface area (Å²) in [5, 5.41) is 3.24. The fourth-order valence-electron chi connectivity index (χ4n) is 2.60. The minimum absolute atomic E-state index is 0.0102. The molecule has 22 heavy (non-hydrogen) atoms. The fraction of sp³-hybridized carbons (Fsp3) is 0.500. The third kappa shape index (κ3) is 4.08. The van der Waals surface area contributed by atoms with Gasteiger partial charge in [-0.05, 0) is 31.2 Å². The summed E-state index contributed by atoms with van der Waals surface area (Å²) in [6.45, 7) is 1.77. The lowest BCUT2D eigenvalue weighted by Gasteiger charge is -2.23. The predicted octanol–water partition coefficient (Wildman–Crippen LogP) is 2.24. The van der Waals surface area contributed by atoms with Crippen LogP contribution in [0.15, 0.2) is 22.7 Å². The van der Waals surface area contributed by atoms with Gasteiger partial charge in [-0.15, -0.1) is 0 Å². The van der Waals surface area contributed by atoms with Gasteiger partial charge in [0.2, 0.25) is 5.91 Å². The minimum Gasteiger partial charge on any atom is -0.496 e. The first-order chi connectivity index (χ1) is 10.5. The zero-order valence-corrected chi connectivity index (χ0v) is 14.5. The molecule has 0 spiro atoms. The van der Waals surface area contributed by atoms with E-state index in [0.29, 0.717) is 11.3 Å². The van der Waals surface area contributed by atoms with Crippen molar-refractivity contribution in [2.75, 3.05) is 27.2 Å². The summed E-state index contributed by atoms with van der Waals surface area (Å²) in [5.41, 5.74) is 0.509. The maximum absolute atomic E-state index is 12.3. The molecular weight excluding hydrogens is 348 g/mol. The molecule has 0 aliphatic carbocycles. The molecule has 1 atom stereocenters. The Morgan fingerprint density at radius 1 is 1.41 bits per heavy atom. The summed E-state index contributed by atoms with van der Waals surface area (Å²) in [7, 11) is 3.34. The van der Waals surface area contributed by atoms with Crippen LogP contribution in [-0.2, 0) is 4.79 Å². The average Bonchev–Trinajstić information content (AvgIpc) is 3.05. The van der Waals surface area contributed by atoms with Gasteiger partial charge in [0.1, 0.15) is 5.75 Å². The number of hydrogen-bond acceptors (Lipinski definition) is 4. The molecule has 0 radical (unpaired) electrons. The van der Waals surface area contributed by atoms with E-state index in [1.165, 1.54) is 7.11 Å².